The van der Waals surface area contributed by atoms with Crippen LogP contribution in [0.1, 0.15) is 12.3 Å². The summed E-state index contributed by atoms with van der Waals surface area (Å²) in [6.07, 6.45) is 2.26. The summed E-state index contributed by atoms with van der Waals surface area (Å²) in [5, 5.41) is 12.4. The third-order valence-electron chi connectivity index (χ3n) is 2.37. The summed E-state index contributed by atoms with van der Waals surface area (Å²) < 4.78 is 5.00. The number of hydrogen-bond donors (Lipinski definition) is 1. The zero-order valence-electron chi connectivity index (χ0n) is 9.79. The van der Waals surface area contributed by atoms with Crippen molar-refractivity contribution in [3.63, 3.8) is 0 Å². The number of rotatable bonds is 5. The Labute approximate surface area is 108 Å². The van der Waals surface area contributed by atoms with Crippen LogP contribution in [-0.4, -0.2) is 27.5 Å². The number of aliphatic carboxylic acids is 1. The minimum absolute atomic E-state index is 0.00690. The molecule has 0 spiro atoms. The van der Waals surface area contributed by atoms with Crippen molar-refractivity contribution in [3.8, 4) is 11.4 Å². The number of aryl methyl sites for hydroxylation is 1. The lowest BCUT2D eigenvalue weighted by Gasteiger charge is -1.96. The van der Waals surface area contributed by atoms with E-state index in [4.69, 9.17) is 9.63 Å². The fourth-order valence-electron chi connectivity index (χ4n) is 1.43. The third-order valence-corrected chi connectivity index (χ3v) is 3.11. The monoisotopic (exact) mass is 264 g/mol. The second-order valence-corrected chi connectivity index (χ2v) is 4.51. The molecule has 2 rings (SSSR count). The summed E-state index contributed by atoms with van der Waals surface area (Å²) in [7, 11) is 0. The zero-order chi connectivity index (χ0) is 13.0. The molecule has 1 heterocycles. The van der Waals surface area contributed by atoms with E-state index in [1.807, 2.05) is 30.5 Å². The minimum atomic E-state index is -0.876. The highest BCUT2D eigenvalue weighted by Gasteiger charge is 2.09. The van der Waals surface area contributed by atoms with Crippen molar-refractivity contribution < 1.29 is 14.4 Å². The first-order valence-electron chi connectivity index (χ1n) is 5.38. The number of thioether (sulfide) groups is 1. The van der Waals surface area contributed by atoms with Gasteiger partial charge in [0.2, 0.25) is 11.7 Å². The molecule has 2 aromatic rings. The van der Waals surface area contributed by atoms with Crippen molar-refractivity contribution in [1.29, 1.82) is 0 Å². The molecule has 0 aliphatic carbocycles. The van der Waals surface area contributed by atoms with Gasteiger partial charge in [0.1, 0.15) is 0 Å². The van der Waals surface area contributed by atoms with Crippen LogP contribution in [0.2, 0.25) is 0 Å². The summed E-state index contributed by atoms with van der Waals surface area (Å²) >= 11 is 1.66. The maximum Gasteiger partial charge on any atom is 0.303 e. The van der Waals surface area contributed by atoms with Gasteiger partial charge in [-0.1, -0.05) is 5.16 Å². The van der Waals surface area contributed by atoms with Gasteiger partial charge >= 0.3 is 5.97 Å². The number of carbonyl (C=O) groups is 1. The normalized spacial score (nSPS) is 10.5. The number of benzene rings is 1. The van der Waals surface area contributed by atoms with Gasteiger partial charge in [-0.3, -0.25) is 4.79 Å². The van der Waals surface area contributed by atoms with Crippen molar-refractivity contribution in [1.82, 2.24) is 10.1 Å². The fourth-order valence-corrected chi connectivity index (χ4v) is 1.84. The van der Waals surface area contributed by atoms with Gasteiger partial charge in [-0.05, 0) is 30.5 Å². The lowest BCUT2D eigenvalue weighted by molar-refractivity contribution is -0.137. The van der Waals surface area contributed by atoms with E-state index >= 15 is 0 Å². The SMILES string of the molecule is CSc1ccc(-c2noc(CCC(=O)O)n2)cc1. The van der Waals surface area contributed by atoms with Gasteiger partial charge < -0.3 is 9.63 Å². The topological polar surface area (TPSA) is 76.2 Å². The molecule has 0 saturated heterocycles. The molecule has 1 aromatic heterocycles. The molecule has 0 bridgehead atoms. The van der Waals surface area contributed by atoms with E-state index in [0.717, 1.165) is 10.5 Å². The maximum atomic E-state index is 10.4. The molecule has 18 heavy (non-hydrogen) atoms. The Morgan fingerprint density at radius 2 is 2.11 bits per heavy atom. The van der Waals surface area contributed by atoms with Crippen molar-refractivity contribution in [2.45, 2.75) is 17.7 Å². The highest BCUT2D eigenvalue weighted by atomic mass is 32.2. The molecule has 0 saturated carbocycles. The lowest BCUT2D eigenvalue weighted by Crippen LogP contribution is -1.97. The molecule has 1 aromatic carbocycles. The van der Waals surface area contributed by atoms with E-state index in [-0.39, 0.29) is 12.8 Å². The molecule has 0 aliphatic rings. The highest BCUT2D eigenvalue weighted by Crippen LogP contribution is 2.21. The standard InChI is InChI=1S/C12H12N2O3S/c1-18-9-4-2-8(3-5-9)12-13-10(17-14-12)6-7-11(15)16/h2-5H,6-7H2,1H3,(H,15,16). The minimum Gasteiger partial charge on any atom is -0.481 e. The van der Waals surface area contributed by atoms with Crippen molar-refractivity contribution in [3.05, 3.63) is 30.2 Å². The van der Waals surface area contributed by atoms with Crippen LogP contribution in [0.3, 0.4) is 0 Å². The molecule has 0 radical (unpaired) electrons. The molecule has 6 heteroatoms. The summed E-state index contributed by atoms with van der Waals surface area (Å²) in [6, 6.07) is 7.79. The molecular weight excluding hydrogens is 252 g/mol. The Hall–Kier alpha value is -1.82. The number of hydrogen-bond acceptors (Lipinski definition) is 5. The molecule has 0 atom stereocenters. The first kappa shape index (κ1) is 12.6. The van der Waals surface area contributed by atoms with E-state index < -0.39 is 5.97 Å². The zero-order valence-corrected chi connectivity index (χ0v) is 10.6. The molecule has 5 nitrogen and oxygen atoms in total. The molecular formula is C12H12N2O3S. The third kappa shape index (κ3) is 3.10. The Morgan fingerprint density at radius 3 is 2.72 bits per heavy atom. The van der Waals surface area contributed by atoms with Gasteiger partial charge in [-0.15, -0.1) is 11.8 Å². The lowest BCUT2D eigenvalue weighted by atomic mass is 10.2. The van der Waals surface area contributed by atoms with Crippen LogP contribution < -0.4 is 0 Å². The van der Waals surface area contributed by atoms with E-state index in [1.165, 1.54) is 0 Å². The highest BCUT2D eigenvalue weighted by molar-refractivity contribution is 7.98. The molecule has 0 amide bonds. The number of aromatic nitrogens is 2. The predicted octanol–water partition coefficient (Wildman–Crippen LogP) is 2.48. The van der Waals surface area contributed by atoms with Crippen molar-refractivity contribution >= 4 is 17.7 Å². The number of nitrogens with zero attached hydrogens (tertiary/aromatic N) is 2. The van der Waals surface area contributed by atoms with Gasteiger partial charge in [0.25, 0.3) is 0 Å². The van der Waals surface area contributed by atoms with E-state index in [2.05, 4.69) is 10.1 Å². The van der Waals surface area contributed by atoms with Crippen LogP contribution in [0.25, 0.3) is 11.4 Å². The number of carboxylic acids is 1. The van der Waals surface area contributed by atoms with Gasteiger partial charge in [0.15, 0.2) is 0 Å². The maximum absolute atomic E-state index is 10.4. The van der Waals surface area contributed by atoms with Crippen LogP contribution in [0.4, 0.5) is 0 Å². The van der Waals surface area contributed by atoms with Crippen LogP contribution in [-0.2, 0) is 11.2 Å². The van der Waals surface area contributed by atoms with Gasteiger partial charge in [0.05, 0.1) is 6.42 Å². The second kappa shape index (κ2) is 5.68. The van der Waals surface area contributed by atoms with Crippen LogP contribution in [0.15, 0.2) is 33.7 Å². The average molecular weight is 264 g/mol. The van der Waals surface area contributed by atoms with Crippen LogP contribution in [0, 0.1) is 0 Å². The smallest absolute Gasteiger partial charge is 0.303 e. The fraction of sp³-hybridized carbons (Fsp3) is 0.250. The summed E-state index contributed by atoms with van der Waals surface area (Å²) in [5.41, 5.74) is 0.859. The van der Waals surface area contributed by atoms with E-state index in [0.29, 0.717) is 11.7 Å². The summed E-state index contributed by atoms with van der Waals surface area (Å²) in [5.74, 6) is -0.0385. The Kier molecular flexibility index (Phi) is 3.99. The van der Waals surface area contributed by atoms with E-state index in [1.54, 1.807) is 11.8 Å². The Balaban J connectivity index is 2.10. The number of carboxylic acid groups (broad SMARTS) is 1. The van der Waals surface area contributed by atoms with E-state index in [9.17, 15) is 4.79 Å². The first-order chi connectivity index (χ1) is 8.69. The summed E-state index contributed by atoms with van der Waals surface area (Å²) in [6.45, 7) is 0. The second-order valence-electron chi connectivity index (χ2n) is 3.63. The van der Waals surface area contributed by atoms with Gasteiger partial charge in [-0.25, -0.2) is 0 Å². The van der Waals surface area contributed by atoms with Crippen LogP contribution >= 0.6 is 11.8 Å². The van der Waals surface area contributed by atoms with Crippen LogP contribution in [0.5, 0.6) is 0 Å². The molecule has 0 fully saturated rings. The quantitative estimate of drug-likeness (QED) is 0.836. The Morgan fingerprint density at radius 1 is 1.39 bits per heavy atom. The molecule has 0 aliphatic heterocycles. The molecule has 0 unspecified atom stereocenters. The van der Waals surface area contributed by atoms with Gasteiger partial charge in [-0.2, -0.15) is 4.98 Å². The van der Waals surface area contributed by atoms with Crippen molar-refractivity contribution in [2.24, 2.45) is 0 Å². The summed E-state index contributed by atoms with van der Waals surface area (Å²) in [4.78, 5) is 15.7. The van der Waals surface area contributed by atoms with Crippen molar-refractivity contribution in [2.75, 3.05) is 6.26 Å². The largest absolute Gasteiger partial charge is 0.481 e. The Bertz CT molecular complexity index is 537. The average Bonchev–Trinajstić information content (AvgIpc) is 2.85. The molecule has 94 valence electrons. The van der Waals surface area contributed by atoms with Gasteiger partial charge in [0, 0.05) is 16.9 Å². The predicted molar refractivity (Wildman–Crippen MR) is 67.5 cm³/mol. The first-order valence-corrected chi connectivity index (χ1v) is 6.60. The molecule has 1 N–H and O–H groups in total.